The minimum atomic E-state index is -1.65. The van der Waals surface area contributed by atoms with Crippen LogP contribution in [0.15, 0.2) is 0 Å². The van der Waals surface area contributed by atoms with E-state index in [0.29, 0.717) is 0 Å². The summed E-state index contributed by atoms with van der Waals surface area (Å²) in [7, 11) is 0. The molecule has 44 heavy (non-hydrogen) atoms. The van der Waals surface area contributed by atoms with Crippen molar-refractivity contribution < 1.29 is 80.9 Å². The maximum atomic E-state index is 12.2. The standard InChI is InChI=1S/C26H36O17S/c1-10(27)34-8-17-19(21(37-13(4)30)22(38-14(5)31)25(41-17)40-16(7)33)43-26-23(39-15(6)32)24(44)20(36-12(3)29)18(42-26)9-35-11(2)28/h17-26,44H,8-9H2,1-7H3/t17-,18-,19-,20-,21+,22-,23-,24+,25-,26-/m1/s1. The average Bonchev–Trinajstić information content (AvgIpc) is 2.87. The lowest BCUT2D eigenvalue weighted by molar-refractivity contribution is -0.345. The van der Waals surface area contributed by atoms with Crippen molar-refractivity contribution in [2.75, 3.05) is 13.2 Å². The lowest BCUT2D eigenvalue weighted by Crippen LogP contribution is -2.66. The van der Waals surface area contributed by atoms with E-state index in [9.17, 15) is 33.6 Å². The molecule has 0 N–H and O–H groups in total. The summed E-state index contributed by atoms with van der Waals surface area (Å²) in [5.74, 6) is -5.61. The second-order valence-electron chi connectivity index (χ2n) is 9.69. The first kappa shape index (κ1) is 36.7. The molecular formula is C26H36O17S. The largest absolute Gasteiger partial charge is 0.463 e. The highest BCUT2D eigenvalue weighted by molar-refractivity contribution is 7.81. The summed E-state index contributed by atoms with van der Waals surface area (Å²) in [6.07, 6.45) is -13.2. The summed E-state index contributed by atoms with van der Waals surface area (Å²) in [6, 6.07) is 0. The zero-order valence-corrected chi connectivity index (χ0v) is 26.0. The van der Waals surface area contributed by atoms with Crippen LogP contribution >= 0.6 is 12.6 Å². The van der Waals surface area contributed by atoms with E-state index < -0.39 is 116 Å². The first-order valence-corrected chi connectivity index (χ1v) is 13.8. The van der Waals surface area contributed by atoms with Crippen LogP contribution in [0, 0.1) is 0 Å². The van der Waals surface area contributed by atoms with E-state index in [1.807, 2.05) is 0 Å². The molecule has 18 heteroatoms. The van der Waals surface area contributed by atoms with Crippen molar-refractivity contribution in [1.82, 2.24) is 0 Å². The van der Waals surface area contributed by atoms with Crippen molar-refractivity contribution in [3.63, 3.8) is 0 Å². The van der Waals surface area contributed by atoms with Crippen LogP contribution in [-0.4, -0.2) is 116 Å². The number of thiol groups is 1. The summed E-state index contributed by atoms with van der Waals surface area (Å²) in [6.45, 7) is 6.57. The third-order valence-electron chi connectivity index (χ3n) is 5.89. The van der Waals surface area contributed by atoms with Crippen LogP contribution in [0.5, 0.6) is 0 Å². The Hall–Kier alpha value is -3.48. The van der Waals surface area contributed by atoms with Crippen LogP contribution in [0.2, 0.25) is 0 Å². The Morgan fingerprint density at radius 3 is 1.32 bits per heavy atom. The molecule has 2 aliphatic rings. The fourth-order valence-corrected chi connectivity index (χ4v) is 4.88. The third-order valence-corrected chi connectivity index (χ3v) is 6.48. The maximum Gasteiger partial charge on any atom is 0.305 e. The van der Waals surface area contributed by atoms with Gasteiger partial charge < -0.3 is 47.4 Å². The highest BCUT2D eigenvalue weighted by Crippen LogP contribution is 2.36. The van der Waals surface area contributed by atoms with Gasteiger partial charge >= 0.3 is 41.8 Å². The molecule has 0 spiro atoms. The summed E-state index contributed by atoms with van der Waals surface area (Å²) < 4.78 is 54.8. The van der Waals surface area contributed by atoms with Gasteiger partial charge in [0, 0.05) is 48.5 Å². The Labute approximate surface area is 257 Å². The van der Waals surface area contributed by atoms with Gasteiger partial charge in [-0.15, -0.1) is 0 Å². The summed E-state index contributed by atoms with van der Waals surface area (Å²) in [4.78, 5) is 83.3. The van der Waals surface area contributed by atoms with Crippen molar-refractivity contribution in [3.05, 3.63) is 0 Å². The quantitative estimate of drug-likeness (QED) is 0.170. The molecule has 2 aliphatic heterocycles. The molecule has 0 unspecified atom stereocenters. The van der Waals surface area contributed by atoms with Gasteiger partial charge in [-0.2, -0.15) is 12.6 Å². The van der Waals surface area contributed by atoms with E-state index in [-0.39, 0.29) is 0 Å². The molecule has 0 aliphatic carbocycles. The van der Waals surface area contributed by atoms with E-state index in [2.05, 4.69) is 12.6 Å². The van der Waals surface area contributed by atoms with Gasteiger partial charge in [0.1, 0.15) is 37.6 Å². The van der Waals surface area contributed by atoms with E-state index in [1.165, 1.54) is 0 Å². The molecule has 2 heterocycles. The summed E-state index contributed by atoms with van der Waals surface area (Å²) in [5.41, 5.74) is 0. The molecule has 0 amide bonds. The fourth-order valence-electron chi connectivity index (χ4n) is 4.42. The Bertz CT molecular complexity index is 1090. The molecule has 0 aromatic carbocycles. The Balaban J connectivity index is 2.62. The van der Waals surface area contributed by atoms with Gasteiger partial charge in [-0.25, -0.2) is 0 Å². The first-order chi connectivity index (χ1) is 20.5. The van der Waals surface area contributed by atoms with Gasteiger partial charge in [0.15, 0.2) is 18.5 Å². The van der Waals surface area contributed by atoms with E-state index in [0.717, 1.165) is 48.5 Å². The number of carbonyl (C=O) groups excluding carboxylic acids is 7. The van der Waals surface area contributed by atoms with Crippen molar-refractivity contribution in [2.45, 2.75) is 109 Å². The lowest BCUT2D eigenvalue weighted by Gasteiger charge is -2.48. The molecule has 0 aromatic heterocycles. The zero-order valence-electron chi connectivity index (χ0n) is 25.1. The van der Waals surface area contributed by atoms with Crippen LogP contribution < -0.4 is 0 Å². The van der Waals surface area contributed by atoms with Gasteiger partial charge in [-0.1, -0.05) is 0 Å². The number of hydrogen-bond donors (Lipinski definition) is 1. The number of esters is 7. The number of hydrogen-bond acceptors (Lipinski definition) is 18. The predicted molar refractivity (Wildman–Crippen MR) is 142 cm³/mol. The van der Waals surface area contributed by atoms with Crippen LogP contribution in [-0.2, 0) is 80.9 Å². The second kappa shape index (κ2) is 16.6. The molecule has 0 saturated carbocycles. The second-order valence-corrected chi connectivity index (χ2v) is 10.3. The highest BCUT2D eigenvalue weighted by atomic mass is 32.1. The fraction of sp³-hybridized carbons (Fsp3) is 0.731. The molecule has 2 saturated heterocycles. The SMILES string of the molecule is CC(=O)OC[C@H]1O[C@H](O[C@H]2[C@H](OC(C)=O)[C@@H](OC(C)=O)[C@H](OC(C)=O)O[C@@H]2COC(C)=O)[C@H](OC(C)=O)[C@@H](S)[C@@H]1OC(C)=O. The molecular weight excluding hydrogens is 616 g/mol. The molecule has 0 bridgehead atoms. The monoisotopic (exact) mass is 652 g/mol. The van der Waals surface area contributed by atoms with Crippen molar-refractivity contribution in [2.24, 2.45) is 0 Å². The third kappa shape index (κ3) is 10.9. The van der Waals surface area contributed by atoms with Crippen molar-refractivity contribution in [1.29, 1.82) is 0 Å². The van der Waals surface area contributed by atoms with Crippen molar-refractivity contribution in [3.8, 4) is 0 Å². The Kier molecular flexibility index (Phi) is 13.8. The van der Waals surface area contributed by atoms with E-state index in [4.69, 9.17) is 47.4 Å². The highest BCUT2D eigenvalue weighted by Gasteiger charge is 2.56. The van der Waals surface area contributed by atoms with Gasteiger partial charge in [0.2, 0.25) is 12.4 Å². The van der Waals surface area contributed by atoms with Gasteiger partial charge in [0.05, 0.1) is 5.25 Å². The molecule has 2 rings (SSSR count). The minimum Gasteiger partial charge on any atom is -0.463 e. The zero-order chi connectivity index (χ0) is 33.3. The molecule has 17 nitrogen and oxygen atoms in total. The number of carbonyl (C=O) groups is 7. The van der Waals surface area contributed by atoms with Gasteiger partial charge in [0.25, 0.3) is 0 Å². The normalized spacial score (nSPS) is 31.5. The Morgan fingerprint density at radius 1 is 0.477 bits per heavy atom. The van der Waals surface area contributed by atoms with Crippen LogP contribution in [0.1, 0.15) is 48.5 Å². The molecule has 248 valence electrons. The smallest absolute Gasteiger partial charge is 0.305 e. The molecule has 0 radical (unpaired) electrons. The van der Waals surface area contributed by atoms with Gasteiger partial charge in [-0.05, 0) is 0 Å². The van der Waals surface area contributed by atoms with Crippen LogP contribution in [0.4, 0.5) is 0 Å². The lowest BCUT2D eigenvalue weighted by atomic mass is 9.97. The van der Waals surface area contributed by atoms with E-state index in [1.54, 1.807) is 0 Å². The van der Waals surface area contributed by atoms with Crippen LogP contribution in [0.25, 0.3) is 0 Å². The Morgan fingerprint density at radius 2 is 0.864 bits per heavy atom. The predicted octanol–water partition coefficient (Wildman–Crippen LogP) is -0.464. The topological polar surface area (TPSA) is 212 Å². The number of rotatable bonds is 11. The first-order valence-electron chi connectivity index (χ1n) is 13.3. The summed E-state index contributed by atoms with van der Waals surface area (Å²) >= 11 is 4.50. The van der Waals surface area contributed by atoms with Crippen molar-refractivity contribution >= 4 is 54.4 Å². The van der Waals surface area contributed by atoms with Crippen LogP contribution in [0.3, 0.4) is 0 Å². The molecule has 2 fully saturated rings. The summed E-state index contributed by atoms with van der Waals surface area (Å²) in [5, 5.41) is -1.14. The average molecular weight is 653 g/mol. The molecule has 10 atom stereocenters. The number of ether oxygens (including phenoxy) is 10. The molecule has 0 aromatic rings. The van der Waals surface area contributed by atoms with Gasteiger partial charge in [-0.3, -0.25) is 33.6 Å². The maximum absolute atomic E-state index is 12.2. The minimum absolute atomic E-state index is 0.451. The van der Waals surface area contributed by atoms with E-state index >= 15 is 0 Å².